The number of nitrogens with two attached hydrogens (primary N) is 1. The first-order chi connectivity index (χ1) is 10.1. The summed E-state index contributed by atoms with van der Waals surface area (Å²) < 4.78 is 9.94. The highest BCUT2D eigenvalue weighted by molar-refractivity contribution is 6.34. The summed E-state index contributed by atoms with van der Waals surface area (Å²) in [6.07, 6.45) is 2.56. The Hall–Kier alpha value is -1.75. The predicted octanol–water partition coefficient (Wildman–Crippen LogP) is 3.20. The summed E-state index contributed by atoms with van der Waals surface area (Å²) in [6, 6.07) is 4.86. The second-order valence-corrected chi connectivity index (χ2v) is 4.86. The molecule has 0 amide bonds. The van der Waals surface area contributed by atoms with Crippen LogP contribution in [0.25, 0.3) is 0 Å². The van der Waals surface area contributed by atoms with Crippen molar-refractivity contribution >= 4 is 29.2 Å². The number of rotatable bonds is 8. The third-order valence-electron chi connectivity index (χ3n) is 2.81. The Balaban J connectivity index is 2.24. The summed E-state index contributed by atoms with van der Waals surface area (Å²) in [6.45, 7) is 2.44. The van der Waals surface area contributed by atoms with E-state index < -0.39 is 5.97 Å². The van der Waals surface area contributed by atoms with Crippen LogP contribution in [-0.4, -0.2) is 25.2 Å². The summed E-state index contributed by atoms with van der Waals surface area (Å²) in [4.78, 5) is 23.0. The lowest BCUT2D eigenvalue weighted by Crippen LogP contribution is -2.10. The molecule has 0 unspecified atom stereocenters. The van der Waals surface area contributed by atoms with E-state index >= 15 is 0 Å². The van der Waals surface area contributed by atoms with Gasteiger partial charge in [0.2, 0.25) is 0 Å². The molecule has 0 bridgehead atoms. The van der Waals surface area contributed by atoms with Crippen molar-refractivity contribution in [1.29, 1.82) is 0 Å². The van der Waals surface area contributed by atoms with Crippen molar-refractivity contribution in [3.63, 3.8) is 0 Å². The average Bonchev–Trinajstić information content (AvgIpc) is 2.42. The van der Waals surface area contributed by atoms with E-state index in [9.17, 15) is 9.59 Å². The second-order valence-electron chi connectivity index (χ2n) is 4.46. The van der Waals surface area contributed by atoms with E-state index in [4.69, 9.17) is 26.8 Å². The van der Waals surface area contributed by atoms with Gasteiger partial charge >= 0.3 is 11.9 Å². The monoisotopic (exact) mass is 313 g/mol. The summed E-state index contributed by atoms with van der Waals surface area (Å²) in [7, 11) is 0. The van der Waals surface area contributed by atoms with Crippen LogP contribution in [0.5, 0.6) is 0 Å². The van der Waals surface area contributed by atoms with E-state index in [2.05, 4.69) is 0 Å². The topological polar surface area (TPSA) is 78.6 Å². The molecule has 0 aliphatic heterocycles. The van der Waals surface area contributed by atoms with Gasteiger partial charge < -0.3 is 15.2 Å². The van der Waals surface area contributed by atoms with Crippen LogP contribution in [-0.2, 0) is 14.3 Å². The Morgan fingerprint density at radius 3 is 2.62 bits per heavy atom. The van der Waals surface area contributed by atoms with Gasteiger partial charge in [-0.1, -0.05) is 17.7 Å². The fourth-order valence-corrected chi connectivity index (χ4v) is 2.03. The van der Waals surface area contributed by atoms with E-state index in [1.54, 1.807) is 25.1 Å². The summed E-state index contributed by atoms with van der Waals surface area (Å²) >= 11 is 5.92. The van der Waals surface area contributed by atoms with Gasteiger partial charge in [-0.3, -0.25) is 4.79 Å². The van der Waals surface area contributed by atoms with Gasteiger partial charge in [0.15, 0.2) is 0 Å². The Kier molecular flexibility index (Phi) is 7.61. The summed E-state index contributed by atoms with van der Waals surface area (Å²) in [5, 5.41) is 0.280. The molecule has 0 aromatic heterocycles. The maximum atomic E-state index is 11.9. The smallest absolute Gasteiger partial charge is 0.341 e. The van der Waals surface area contributed by atoms with Crippen molar-refractivity contribution in [2.75, 3.05) is 18.9 Å². The van der Waals surface area contributed by atoms with Gasteiger partial charge in [0, 0.05) is 12.1 Å². The van der Waals surface area contributed by atoms with Crippen molar-refractivity contribution < 1.29 is 19.1 Å². The van der Waals surface area contributed by atoms with Gasteiger partial charge in [0.05, 0.1) is 18.2 Å². The van der Waals surface area contributed by atoms with Crippen LogP contribution < -0.4 is 5.73 Å². The first kappa shape index (κ1) is 17.3. The van der Waals surface area contributed by atoms with Crippen molar-refractivity contribution in [3.8, 4) is 0 Å². The SMILES string of the molecule is CCOC(=O)CCCCCOC(=O)c1c(N)cccc1Cl. The van der Waals surface area contributed by atoms with Crippen molar-refractivity contribution in [2.24, 2.45) is 0 Å². The number of hydrogen-bond acceptors (Lipinski definition) is 5. The molecule has 0 saturated heterocycles. The Bertz CT molecular complexity index is 470. The Morgan fingerprint density at radius 1 is 1.19 bits per heavy atom. The molecule has 0 aliphatic carbocycles. The lowest BCUT2D eigenvalue weighted by Gasteiger charge is -2.08. The largest absolute Gasteiger partial charge is 0.466 e. The molecule has 0 atom stereocenters. The number of unbranched alkanes of at least 4 members (excludes halogenated alkanes) is 2. The van der Waals surface area contributed by atoms with E-state index in [1.807, 2.05) is 0 Å². The Labute approximate surface area is 129 Å². The summed E-state index contributed by atoms with van der Waals surface area (Å²) in [5.74, 6) is -0.721. The van der Waals surface area contributed by atoms with Crippen molar-refractivity contribution in [2.45, 2.75) is 32.6 Å². The number of ether oxygens (including phenoxy) is 2. The van der Waals surface area contributed by atoms with Gasteiger partial charge in [0.1, 0.15) is 5.56 Å². The molecule has 116 valence electrons. The van der Waals surface area contributed by atoms with Crippen LogP contribution >= 0.6 is 11.6 Å². The van der Waals surface area contributed by atoms with Gasteiger partial charge in [-0.2, -0.15) is 0 Å². The minimum Gasteiger partial charge on any atom is -0.466 e. The molecule has 0 saturated carbocycles. The number of nitrogen functional groups attached to an aromatic ring is 1. The second kappa shape index (κ2) is 9.23. The lowest BCUT2D eigenvalue weighted by atomic mass is 10.2. The number of carbonyl (C=O) groups excluding carboxylic acids is 2. The van der Waals surface area contributed by atoms with Gasteiger partial charge in [-0.15, -0.1) is 0 Å². The number of anilines is 1. The van der Waals surface area contributed by atoms with Crippen LogP contribution in [0.1, 0.15) is 43.0 Å². The fourth-order valence-electron chi connectivity index (χ4n) is 1.77. The molecule has 0 aliphatic rings. The highest BCUT2D eigenvalue weighted by Gasteiger charge is 2.14. The van der Waals surface area contributed by atoms with Crippen LogP contribution in [0, 0.1) is 0 Å². The first-order valence-electron chi connectivity index (χ1n) is 6.93. The third-order valence-corrected chi connectivity index (χ3v) is 3.13. The minimum absolute atomic E-state index is 0.196. The molecule has 1 rings (SSSR count). The van der Waals surface area contributed by atoms with E-state index in [-0.39, 0.29) is 23.2 Å². The molecule has 5 nitrogen and oxygen atoms in total. The molecule has 0 fully saturated rings. The number of halogens is 1. The number of esters is 2. The zero-order chi connectivity index (χ0) is 15.7. The highest BCUT2D eigenvalue weighted by Crippen LogP contribution is 2.22. The van der Waals surface area contributed by atoms with Gasteiger partial charge in [-0.25, -0.2) is 4.79 Å². The number of carbonyl (C=O) groups is 2. The molecule has 6 heteroatoms. The van der Waals surface area contributed by atoms with Gasteiger partial charge in [-0.05, 0) is 38.3 Å². The number of benzene rings is 1. The maximum Gasteiger partial charge on any atom is 0.341 e. The zero-order valence-electron chi connectivity index (χ0n) is 12.1. The van der Waals surface area contributed by atoms with Crippen molar-refractivity contribution in [3.05, 3.63) is 28.8 Å². The normalized spacial score (nSPS) is 10.2. The predicted molar refractivity (Wildman–Crippen MR) is 81.2 cm³/mol. The van der Waals surface area contributed by atoms with Crippen LogP contribution in [0.3, 0.4) is 0 Å². The molecule has 0 heterocycles. The zero-order valence-corrected chi connectivity index (χ0v) is 12.8. The molecule has 2 N–H and O–H groups in total. The van der Waals surface area contributed by atoms with Crippen molar-refractivity contribution in [1.82, 2.24) is 0 Å². The Morgan fingerprint density at radius 2 is 1.95 bits per heavy atom. The third kappa shape index (κ3) is 6.04. The van der Waals surface area contributed by atoms with Crippen LogP contribution in [0.4, 0.5) is 5.69 Å². The molecule has 0 radical (unpaired) electrons. The quantitative estimate of drug-likeness (QED) is 0.453. The highest BCUT2D eigenvalue weighted by atomic mass is 35.5. The maximum absolute atomic E-state index is 11.9. The van der Waals surface area contributed by atoms with Gasteiger partial charge in [0.25, 0.3) is 0 Å². The average molecular weight is 314 g/mol. The summed E-state index contributed by atoms with van der Waals surface area (Å²) in [5.41, 5.74) is 6.20. The number of hydrogen-bond donors (Lipinski definition) is 1. The van der Waals surface area contributed by atoms with Crippen LogP contribution in [0.2, 0.25) is 5.02 Å². The molecule has 1 aromatic carbocycles. The molecular formula is C15H20ClNO4. The molecule has 1 aromatic rings. The minimum atomic E-state index is -0.525. The molecular weight excluding hydrogens is 294 g/mol. The molecule has 0 spiro atoms. The van der Waals surface area contributed by atoms with E-state index in [1.165, 1.54) is 0 Å². The standard InChI is InChI=1S/C15H20ClNO4/c1-2-20-13(18)9-4-3-5-10-21-15(19)14-11(16)7-6-8-12(14)17/h6-8H,2-5,9-10,17H2,1H3. The molecule has 21 heavy (non-hydrogen) atoms. The fraction of sp³-hybridized carbons (Fsp3) is 0.467. The van der Waals surface area contributed by atoms with E-state index in [0.717, 1.165) is 6.42 Å². The lowest BCUT2D eigenvalue weighted by molar-refractivity contribution is -0.143. The van der Waals surface area contributed by atoms with Crippen LogP contribution in [0.15, 0.2) is 18.2 Å². The van der Waals surface area contributed by atoms with E-state index in [0.29, 0.717) is 31.6 Å². The first-order valence-corrected chi connectivity index (χ1v) is 7.30.